The molecule has 1 heterocycles. The van der Waals surface area contributed by atoms with Crippen molar-refractivity contribution >= 4 is 15.9 Å². The maximum Gasteiger partial charge on any atom is 0.244 e. The zero-order valence-corrected chi connectivity index (χ0v) is 16.3. The minimum Gasteiger partial charge on any atom is -0.342 e. The number of aromatic nitrogens is 2. The summed E-state index contributed by atoms with van der Waals surface area (Å²) in [6.45, 7) is 5.90. The van der Waals surface area contributed by atoms with E-state index in [1.54, 1.807) is 18.7 Å². The van der Waals surface area contributed by atoms with E-state index in [2.05, 4.69) is 27.1 Å². The average Bonchev–Trinajstić information content (AvgIpc) is 2.93. The second kappa shape index (κ2) is 8.95. The fourth-order valence-electron chi connectivity index (χ4n) is 2.87. The van der Waals surface area contributed by atoms with Gasteiger partial charge in [-0.05, 0) is 32.3 Å². The molecule has 0 fully saturated rings. The van der Waals surface area contributed by atoms with E-state index in [0.717, 1.165) is 12.8 Å². The van der Waals surface area contributed by atoms with Crippen molar-refractivity contribution in [2.75, 3.05) is 19.6 Å². The molecule has 2 aromatic rings. The summed E-state index contributed by atoms with van der Waals surface area (Å²) in [5, 5.41) is 6.58. The molecule has 0 aliphatic heterocycles. The Morgan fingerprint density at radius 1 is 1.19 bits per heavy atom. The lowest BCUT2D eigenvalue weighted by atomic mass is 10.1. The maximum absolute atomic E-state index is 12.4. The van der Waals surface area contributed by atoms with Crippen LogP contribution in [0, 0.1) is 13.8 Å². The SMILES string of the molecule is CC(=O)N(CCCc1ccccc1)CCNS(=O)(=O)c1c(C)n[nH]c1C. The molecule has 0 aliphatic carbocycles. The van der Waals surface area contributed by atoms with Crippen molar-refractivity contribution in [3.8, 4) is 0 Å². The highest BCUT2D eigenvalue weighted by Crippen LogP contribution is 2.15. The van der Waals surface area contributed by atoms with E-state index >= 15 is 0 Å². The van der Waals surface area contributed by atoms with Gasteiger partial charge in [0.05, 0.1) is 11.4 Å². The number of nitrogens with one attached hydrogen (secondary N) is 2. The Labute approximate surface area is 154 Å². The second-order valence-corrected chi connectivity index (χ2v) is 7.96. The zero-order chi connectivity index (χ0) is 19.2. The third-order valence-corrected chi connectivity index (χ3v) is 5.91. The highest BCUT2D eigenvalue weighted by Gasteiger charge is 2.22. The Kier molecular flexibility index (Phi) is 6.93. The van der Waals surface area contributed by atoms with Gasteiger partial charge < -0.3 is 4.90 Å². The van der Waals surface area contributed by atoms with Crippen LogP contribution < -0.4 is 4.72 Å². The summed E-state index contributed by atoms with van der Waals surface area (Å²) in [7, 11) is -3.64. The molecular weight excluding hydrogens is 352 g/mol. The molecule has 0 bridgehead atoms. The summed E-state index contributed by atoms with van der Waals surface area (Å²) in [5.41, 5.74) is 2.16. The Balaban J connectivity index is 1.85. The molecule has 7 nitrogen and oxygen atoms in total. The van der Waals surface area contributed by atoms with Crippen molar-refractivity contribution < 1.29 is 13.2 Å². The molecule has 26 heavy (non-hydrogen) atoms. The zero-order valence-electron chi connectivity index (χ0n) is 15.4. The Bertz CT molecular complexity index is 812. The van der Waals surface area contributed by atoms with Crippen LogP contribution in [0.2, 0.25) is 0 Å². The number of carbonyl (C=O) groups excluding carboxylic acids is 1. The van der Waals surface area contributed by atoms with E-state index < -0.39 is 10.0 Å². The smallest absolute Gasteiger partial charge is 0.244 e. The van der Waals surface area contributed by atoms with Crippen LogP contribution in [0.25, 0.3) is 0 Å². The van der Waals surface area contributed by atoms with E-state index in [1.807, 2.05) is 18.2 Å². The molecule has 1 amide bonds. The molecule has 8 heteroatoms. The first kappa shape index (κ1) is 20.1. The number of hydrogen-bond acceptors (Lipinski definition) is 4. The van der Waals surface area contributed by atoms with E-state index in [9.17, 15) is 13.2 Å². The molecule has 0 saturated heterocycles. The fraction of sp³-hybridized carbons (Fsp3) is 0.444. The third kappa shape index (κ3) is 5.40. The van der Waals surface area contributed by atoms with Crippen molar-refractivity contribution in [1.29, 1.82) is 0 Å². The van der Waals surface area contributed by atoms with E-state index in [-0.39, 0.29) is 17.3 Å². The van der Waals surface area contributed by atoms with Gasteiger partial charge in [-0.1, -0.05) is 30.3 Å². The summed E-state index contributed by atoms with van der Waals surface area (Å²) in [5.74, 6) is -0.0621. The molecule has 2 N–H and O–H groups in total. The van der Waals surface area contributed by atoms with E-state index in [0.29, 0.717) is 24.5 Å². The predicted molar refractivity (Wildman–Crippen MR) is 100 cm³/mol. The number of rotatable bonds is 9. The largest absolute Gasteiger partial charge is 0.342 e. The van der Waals surface area contributed by atoms with Crippen molar-refractivity contribution in [2.45, 2.75) is 38.5 Å². The Morgan fingerprint density at radius 2 is 1.88 bits per heavy atom. The number of aryl methyl sites for hydroxylation is 3. The first-order valence-corrected chi connectivity index (χ1v) is 10.1. The average molecular weight is 378 g/mol. The summed E-state index contributed by atoms with van der Waals surface area (Å²) >= 11 is 0. The standard InChI is InChI=1S/C18H26N4O3S/c1-14-18(15(2)21-20-14)26(24,25)19-11-13-22(16(3)23)12-7-10-17-8-5-4-6-9-17/h4-6,8-9,19H,7,10-13H2,1-3H3,(H,20,21). The number of H-pyrrole nitrogens is 1. The molecular formula is C18H26N4O3S. The van der Waals surface area contributed by atoms with E-state index in [4.69, 9.17) is 0 Å². The fourth-order valence-corrected chi connectivity index (χ4v) is 4.26. The molecule has 0 unspecified atom stereocenters. The van der Waals surface area contributed by atoms with Crippen LogP contribution in [0.5, 0.6) is 0 Å². The van der Waals surface area contributed by atoms with Gasteiger partial charge in [0.2, 0.25) is 15.9 Å². The Morgan fingerprint density at radius 3 is 2.46 bits per heavy atom. The predicted octanol–water partition coefficient (Wildman–Crippen LogP) is 1.79. The number of nitrogens with zero attached hydrogens (tertiary/aromatic N) is 2. The van der Waals surface area contributed by atoms with Crippen molar-refractivity contribution in [1.82, 2.24) is 19.8 Å². The van der Waals surface area contributed by atoms with Gasteiger partial charge in [0.15, 0.2) is 0 Å². The van der Waals surface area contributed by atoms with Gasteiger partial charge in [-0.2, -0.15) is 5.10 Å². The van der Waals surface area contributed by atoms with Gasteiger partial charge in [-0.25, -0.2) is 13.1 Å². The van der Waals surface area contributed by atoms with Gasteiger partial charge in [0.25, 0.3) is 0 Å². The second-order valence-electron chi connectivity index (χ2n) is 6.26. The molecule has 0 aliphatic rings. The minimum atomic E-state index is -3.64. The van der Waals surface area contributed by atoms with Crippen molar-refractivity contribution in [3.63, 3.8) is 0 Å². The number of amides is 1. The third-order valence-electron chi connectivity index (χ3n) is 4.18. The maximum atomic E-state index is 12.4. The molecule has 0 radical (unpaired) electrons. The van der Waals surface area contributed by atoms with Gasteiger partial charge in [0, 0.05) is 26.6 Å². The van der Waals surface area contributed by atoms with Crippen LogP contribution >= 0.6 is 0 Å². The molecule has 0 saturated carbocycles. The van der Waals surface area contributed by atoms with E-state index in [1.165, 1.54) is 12.5 Å². The Hall–Kier alpha value is -2.19. The van der Waals surface area contributed by atoms with Crippen molar-refractivity contribution in [3.05, 3.63) is 47.3 Å². The van der Waals surface area contributed by atoms with Crippen LogP contribution in [0.4, 0.5) is 0 Å². The molecule has 0 atom stereocenters. The number of hydrogen-bond donors (Lipinski definition) is 2. The first-order chi connectivity index (χ1) is 12.3. The van der Waals surface area contributed by atoms with Gasteiger partial charge in [0.1, 0.15) is 4.90 Å². The highest BCUT2D eigenvalue weighted by atomic mass is 32.2. The molecule has 0 spiro atoms. The van der Waals surface area contributed by atoms with Crippen LogP contribution in [-0.2, 0) is 21.2 Å². The number of aromatic amines is 1. The topological polar surface area (TPSA) is 95.2 Å². The number of carbonyl (C=O) groups is 1. The minimum absolute atomic E-state index is 0.0621. The van der Waals surface area contributed by atoms with Crippen LogP contribution in [0.3, 0.4) is 0 Å². The first-order valence-electron chi connectivity index (χ1n) is 8.62. The lowest BCUT2D eigenvalue weighted by molar-refractivity contribution is -0.128. The monoisotopic (exact) mass is 378 g/mol. The summed E-state index contributed by atoms with van der Waals surface area (Å²) in [4.78, 5) is 13.7. The van der Waals surface area contributed by atoms with Crippen molar-refractivity contribution in [2.24, 2.45) is 0 Å². The van der Waals surface area contributed by atoms with Crippen LogP contribution in [0.1, 0.15) is 30.3 Å². The summed E-state index contributed by atoms with van der Waals surface area (Å²) in [6.07, 6.45) is 1.71. The lowest BCUT2D eigenvalue weighted by Crippen LogP contribution is -2.38. The molecule has 1 aromatic heterocycles. The quantitative estimate of drug-likeness (QED) is 0.695. The van der Waals surface area contributed by atoms with Crippen LogP contribution in [-0.4, -0.2) is 49.1 Å². The van der Waals surface area contributed by atoms with Gasteiger partial charge in [-0.3, -0.25) is 9.89 Å². The molecule has 2 rings (SSSR count). The van der Waals surface area contributed by atoms with Gasteiger partial charge in [-0.15, -0.1) is 0 Å². The summed E-state index contributed by atoms with van der Waals surface area (Å²) < 4.78 is 27.4. The summed E-state index contributed by atoms with van der Waals surface area (Å²) in [6, 6.07) is 10.1. The number of benzene rings is 1. The molecule has 1 aromatic carbocycles. The highest BCUT2D eigenvalue weighted by molar-refractivity contribution is 7.89. The normalized spacial score (nSPS) is 11.5. The lowest BCUT2D eigenvalue weighted by Gasteiger charge is -2.21. The number of sulfonamides is 1. The van der Waals surface area contributed by atoms with Gasteiger partial charge >= 0.3 is 0 Å². The molecule has 142 valence electrons. The van der Waals surface area contributed by atoms with Crippen LogP contribution in [0.15, 0.2) is 35.2 Å².